The van der Waals surface area contributed by atoms with E-state index >= 15 is 0 Å². The zero-order valence-corrected chi connectivity index (χ0v) is 55.5. The van der Waals surface area contributed by atoms with Crippen molar-refractivity contribution in [3.05, 3.63) is 119 Å². The minimum atomic E-state index is -5.53. The Hall–Kier alpha value is -2.92. The van der Waals surface area contributed by atoms with Crippen molar-refractivity contribution < 1.29 is 232 Å². The van der Waals surface area contributed by atoms with Gasteiger partial charge >= 0.3 is 154 Å². The van der Waals surface area contributed by atoms with Gasteiger partial charge in [-0.3, -0.25) is 10.2 Å². The maximum absolute atomic E-state index is 13.7. The van der Waals surface area contributed by atoms with E-state index < -0.39 is 110 Å². The van der Waals surface area contributed by atoms with Crippen molar-refractivity contribution in [2.75, 3.05) is 23.2 Å². The van der Waals surface area contributed by atoms with E-state index in [1.807, 2.05) is 0 Å². The number of hydrazone groups is 1. The monoisotopic (exact) mass is 1210 g/mol. The third-order valence-corrected chi connectivity index (χ3v) is 14.3. The molecule has 7 rings (SSSR count). The van der Waals surface area contributed by atoms with Crippen LogP contribution in [-0.2, 0) is 50.6 Å². The van der Waals surface area contributed by atoms with Gasteiger partial charge in [0, 0.05) is 17.3 Å². The number of ketones is 1. The molecule has 0 aromatic heterocycles. The molecule has 0 heterocycles. The molecule has 37 heteroatoms. The number of anilines is 3. The molecule has 6 aromatic rings. The van der Waals surface area contributed by atoms with Crippen LogP contribution in [0.1, 0.15) is 21.5 Å². The number of Topliss-reactive ketones (excluding diaryl/α,β-unsaturated/α-hetero) is 1. The van der Waals surface area contributed by atoms with E-state index in [2.05, 4.69) is 41.6 Å². The number of hydrogen-bond donors (Lipinski definition) is 4. The van der Waals surface area contributed by atoms with Gasteiger partial charge < -0.3 is 43.2 Å². The number of aromatic hydroxyl groups is 1. The molecule has 27 nitrogen and oxygen atoms in total. The molecule has 2 amide bonds. The first-order valence-corrected chi connectivity index (χ1v) is 26.6. The van der Waals surface area contributed by atoms with Gasteiger partial charge in [-0.25, -0.2) is 46.9 Å². The fourth-order valence-electron chi connectivity index (χ4n) is 6.72. The second-order valence-electron chi connectivity index (χ2n) is 15.0. The molecule has 0 fully saturated rings. The molecule has 1 aliphatic carbocycles. The first-order valence-electron chi connectivity index (χ1n) is 19.6. The smallest absolute Gasteiger partial charge is 0.744 e. The van der Waals surface area contributed by atoms with Crippen LogP contribution in [0.25, 0.3) is 16.8 Å². The van der Waals surface area contributed by atoms with Crippen LogP contribution in [0, 0.1) is 6.92 Å². The average molecular weight is 1210 g/mol. The molecule has 0 saturated carbocycles. The summed E-state index contributed by atoms with van der Waals surface area (Å²) in [5, 5.41) is 34.2. The molecule has 380 valence electrons. The van der Waals surface area contributed by atoms with Gasteiger partial charge in [0.1, 0.15) is 67.8 Å². The molecular weight excluding hydrogens is 1180 g/mol. The Labute approximate surface area is 554 Å². The molecule has 78 heavy (non-hydrogen) atoms. The molecule has 6 aromatic carbocycles. The fourth-order valence-corrected chi connectivity index (χ4v) is 9.54. The third-order valence-electron chi connectivity index (χ3n) is 10.1. The average Bonchev–Trinajstić information content (AvgIpc) is 3.28. The number of azo groups is 2. The van der Waals surface area contributed by atoms with Gasteiger partial charge in [-0.1, -0.05) is 0 Å². The van der Waals surface area contributed by atoms with Crippen LogP contribution < -0.4 is 169 Å². The van der Waals surface area contributed by atoms with Crippen LogP contribution in [-0.4, -0.2) is 94.6 Å². The van der Waals surface area contributed by atoms with E-state index in [4.69, 9.17) is 4.74 Å². The van der Waals surface area contributed by atoms with E-state index in [0.29, 0.717) is 6.07 Å². The fraction of sp³-hybridized carbons (Fsp3) is 0.0488. The van der Waals surface area contributed by atoms with Crippen LogP contribution in [0.5, 0.6) is 11.5 Å². The summed E-state index contributed by atoms with van der Waals surface area (Å²) in [5.74, 6) is -2.02. The van der Waals surface area contributed by atoms with Gasteiger partial charge in [-0.05, 0) is 121 Å². The summed E-state index contributed by atoms with van der Waals surface area (Å²) in [5.41, 5.74) is -0.326. The SMILES string of the molecule is COc1cc(N=Nc2cc(S(=O)(=O)[O-])cc3cc(S(=O)(=O)[O-])cc(O)c23)c(C)cc1NC(=O)Nc1ccc2c(c1)C=C(S(=O)(=O)[O-])/C(=N/Nc1ccc(N=Nc3ccc(S(=O)(=O)[O-])cc3)cc1S(=O)(=O)[O-])C2=O.[Na+].[Na+].[Na+].[Na+].[Na+]. The Kier molecular flexibility index (Phi) is 25.5. The minimum absolute atomic E-state index is 0. The molecule has 0 aliphatic heterocycles. The van der Waals surface area contributed by atoms with Crippen LogP contribution >= 0.6 is 0 Å². The van der Waals surface area contributed by atoms with Gasteiger partial charge in [0.05, 0.1) is 71.1 Å². The number of methoxy groups -OCH3 is 1. The normalized spacial score (nSPS) is 13.2. The number of amides is 2. The number of nitrogens with one attached hydrogen (secondary N) is 3. The summed E-state index contributed by atoms with van der Waals surface area (Å²) in [6.07, 6.45) is 0.754. The number of carbonyl (C=O) groups excluding carboxylic acids is 2. The predicted octanol–water partition coefficient (Wildman–Crippen LogP) is -9.48. The van der Waals surface area contributed by atoms with Crippen molar-refractivity contribution in [1.29, 1.82) is 0 Å². The molecule has 0 saturated heterocycles. The first kappa shape index (κ1) is 71.2. The number of phenolic OH excluding ortho intramolecular Hbond substituents is 1. The number of phenols is 1. The van der Waals surface area contributed by atoms with Gasteiger partial charge in [0.15, 0.2) is 0 Å². The zero-order chi connectivity index (χ0) is 53.6. The molecule has 0 atom stereocenters. The summed E-state index contributed by atoms with van der Waals surface area (Å²) in [4.78, 5) is 22.3. The van der Waals surface area contributed by atoms with Crippen molar-refractivity contribution in [2.24, 2.45) is 25.6 Å². The van der Waals surface area contributed by atoms with Gasteiger partial charge in [-0.2, -0.15) is 20.4 Å². The number of carbonyl (C=O) groups is 2. The maximum Gasteiger partial charge on any atom is 1.00 e. The molecular formula is C41H27N8Na5O19S5. The van der Waals surface area contributed by atoms with Gasteiger partial charge in [0.2, 0.25) is 5.78 Å². The summed E-state index contributed by atoms with van der Waals surface area (Å²) < 4.78 is 184. The Morgan fingerprint density at radius 3 is 1.71 bits per heavy atom. The van der Waals surface area contributed by atoms with Gasteiger partial charge in [0.25, 0.3) is 0 Å². The van der Waals surface area contributed by atoms with Crippen molar-refractivity contribution >= 4 is 125 Å². The zero-order valence-electron chi connectivity index (χ0n) is 41.4. The quantitative estimate of drug-likeness (QED) is 0.0340. The van der Waals surface area contributed by atoms with Crippen molar-refractivity contribution in [1.82, 2.24) is 0 Å². The number of fused-ring (bicyclic) bond motifs is 2. The summed E-state index contributed by atoms with van der Waals surface area (Å²) in [6, 6.07) is 14.9. The number of urea groups is 1. The van der Waals surface area contributed by atoms with E-state index in [1.54, 1.807) is 0 Å². The Morgan fingerprint density at radius 1 is 0.577 bits per heavy atom. The standard InChI is InChI=1S/C41H32N8O19S5.5Na/c1-20-11-32(35(68-2)19-31(20)47-48-33-17-27(70(56,57)58)13-22-14-28(71(59,60)61)18-34(50)38(22)33)43-41(52)42-24-5-9-29-21(12-24)15-37(73(65,66)67)39(40(29)51)49-46-30-10-6-25(16-36(30)72(62,63)64)45-44-23-3-7-26(8-4-23)69(53,54)55;;;;;/h3-19,46,50H,1-2H3,(H2,42,43,52)(H,53,54,55)(H,56,57,58)(H,59,60,61)(H,62,63,64)(H,65,66,67);;;;;/q;5*+1/p-5/b45-44?,48-47?,49-39-;;;;;. The second kappa shape index (κ2) is 27.9. The number of allylic oxidation sites excluding steroid dienone is 1. The van der Waals surface area contributed by atoms with E-state index in [0.717, 1.165) is 78.9 Å². The summed E-state index contributed by atoms with van der Waals surface area (Å²) >= 11 is 0. The molecule has 0 unspecified atom stereocenters. The maximum atomic E-state index is 13.7. The number of nitrogens with zero attached hydrogens (tertiary/aromatic N) is 5. The van der Waals surface area contributed by atoms with E-state index in [-0.39, 0.29) is 209 Å². The number of rotatable bonds is 14. The molecule has 0 spiro atoms. The van der Waals surface area contributed by atoms with Crippen molar-refractivity contribution in [3.8, 4) is 11.5 Å². The summed E-state index contributed by atoms with van der Waals surface area (Å²) in [7, 11) is -24.8. The molecule has 1 aliphatic rings. The minimum Gasteiger partial charge on any atom is -0.744 e. The number of benzene rings is 6. The Balaban J connectivity index is 0.00000416. The van der Waals surface area contributed by atoms with Crippen LogP contribution in [0.4, 0.5) is 44.6 Å². The Morgan fingerprint density at radius 2 is 1.14 bits per heavy atom. The number of aryl methyl sites for hydroxylation is 1. The molecule has 0 radical (unpaired) electrons. The topological polar surface area (TPSA) is 447 Å². The summed E-state index contributed by atoms with van der Waals surface area (Å²) in [6.45, 7) is 1.49. The van der Waals surface area contributed by atoms with E-state index in [1.165, 1.54) is 32.2 Å². The van der Waals surface area contributed by atoms with Crippen LogP contribution in [0.3, 0.4) is 0 Å². The van der Waals surface area contributed by atoms with Crippen LogP contribution in [0.2, 0.25) is 0 Å². The number of ether oxygens (including phenoxy) is 1. The van der Waals surface area contributed by atoms with Gasteiger partial charge in [-0.15, -0.1) is 5.11 Å². The first-order chi connectivity index (χ1) is 33.9. The molecule has 4 N–H and O–H groups in total. The Bertz CT molecular complexity index is 4090. The molecule has 0 bridgehead atoms. The largest absolute Gasteiger partial charge is 1.00 e. The predicted molar refractivity (Wildman–Crippen MR) is 249 cm³/mol. The third kappa shape index (κ3) is 17.3. The number of hydrogen-bond acceptors (Lipinski definition) is 25. The van der Waals surface area contributed by atoms with Crippen molar-refractivity contribution in [3.63, 3.8) is 0 Å². The van der Waals surface area contributed by atoms with Crippen molar-refractivity contribution in [2.45, 2.75) is 26.5 Å². The van der Waals surface area contributed by atoms with E-state index in [9.17, 15) is 79.5 Å². The van der Waals surface area contributed by atoms with Crippen LogP contribution in [0.15, 0.2) is 147 Å². The second-order valence-corrected chi connectivity index (χ2v) is 21.8.